The zero-order chi connectivity index (χ0) is 15.6. The molecule has 0 N–H and O–H groups in total. The van der Waals surface area contributed by atoms with Gasteiger partial charge in [0.1, 0.15) is 0 Å². The van der Waals surface area contributed by atoms with E-state index in [1.54, 1.807) is 0 Å². The largest absolute Gasteiger partial charge is 0.256 e. The fraction of sp³-hybridized carbons (Fsp3) is 0.286. The summed E-state index contributed by atoms with van der Waals surface area (Å²) in [5, 5.41) is 0. The predicted molar refractivity (Wildman–Crippen MR) is 95.0 cm³/mol. The summed E-state index contributed by atoms with van der Waals surface area (Å²) >= 11 is 0. The van der Waals surface area contributed by atoms with Crippen LogP contribution in [0, 0.1) is 5.41 Å². The number of benzene rings is 2. The summed E-state index contributed by atoms with van der Waals surface area (Å²) in [4.78, 5) is 5.01. The second-order valence-electron chi connectivity index (χ2n) is 5.94. The van der Waals surface area contributed by atoms with Crippen molar-refractivity contribution in [3.8, 4) is 0 Å². The first kappa shape index (κ1) is 14.8. The zero-order valence-electron chi connectivity index (χ0n) is 13.6. The van der Waals surface area contributed by atoms with Gasteiger partial charge in [-0.2, -0.15) is 0 Å². The third-order valence-electron chi connectivity index (χ3n) is 4.89. The molecule has 22 heavy (non-hydrogen) atoms. The van der Waals surface area contributed by atoms with Crippen LogP contribution in [-0.2, 0) is 0 Å². The molecule has 2 aromatic rings. The molecule has 1 heterocycles. The Kier molecular flexibility index (Phi) is 3.98. The van der Waals surface area contributed by atoms with E-state index in [2.05, 4.69) is 81.4 Å². The quantitative estimate of drug-likeness (QED) is 0.682. The molecule has 0 atom stereocenters. The van der Waals surface area contributed by atoms with Gasteiger partial charge in [-0.25, -0.2) is 0 Å². The van der Waals surface area contributed by atoms with Crippen molar-refractivity contribution in [3.63, 3.8) is 0 Å². The van der Waals surface area contributed by atoms with Crippen molar-refractivity contribution in [1.82, 2.24) is 0 Å². The average molecular weight is 289 g/mol. The molecular weight excluding hydrogens is 266 g/mol. The number of hydrogen-bond donors (Lipinski definition) is 0. The van der Waals surface area contributed by atoms with Crippen molar-refractivity contribution in [1.29, 1.82) is 0 Å². The van der Waals surface area contributed by atoms with Gasteiger partial charge in [0, 0.05) is 11.1 Å². The van der Waals surface area contributed by atoms with Crippen LogP contribution in [0.4, 0.5) is 0 Å². The summed E-state index contributed by atoms with van der Waals surface area (Å²) in [7, 11) is 0. The smallest absolute Gasteiger partial charge is 0.0585 e. The number of aliphatic imine (C=N–C) groups is 1. The summed E-state index contributed by atoms with van der Waals surface area (Å²) in [6.45, 7) is 6.71. The maximum Gasteiger partial charge on any atom is 0.0585 e. The van der Waals surface area contributed by atoms with Crippen LogP contribution in [-0.4, -0.2) is 5.71 Å². The summed E-state index contributed by atoms with van der Waals surface area (Å²) in [6, 6.07) is 21.4. The van der Waals surface area contributed by atoms with Crippen LogP contribution in [0.25, 0.3) is 5.57 Å². The Morgan fingerprint density at radius 3 is 1.77 bits per heavy atom. The summed E-state index contributed by atoms with van der Waals surface area (Å²) < 4.78 is 0. The average Bonchev–Trinajstić information content (AvgIpc) is 2.89. The van der Waals surface area contributed by atoms with E-state index in [9.17, 15) is 0 Å². The second kappa shape index (κ2) is 5.92. The fourth-order valence-corrected chi connectivity index (χ4v) is 3.76. The molecule has 1 aliphatic rings. The van der Waals surface area contributed by atoms with Crippen LogP contribution >= 0.6 is 0 Å². The lowest BCUT2D eigenvalue weighted by atomic mass is 9.68. The van der Waals surface area contributed by atoms with Gasteiger partial charge < -0.3 is 0 Å². The van der Waals surface area contributed by atoms with Crippen molar-refractivity contribution in [2.75, 3.05) is 0 Å². The van der Waals surface area contributed by atoms with Gasteiger partial charge in [-0.3, -0.25) is 4.99 Å². The van der Waals surface area contributed by atoms with Crippen molar-refractivity contribution >= 4 is 11.3 Å². The molecule has 0 saturated carbocycles. The maximum atomic E-state index is 5.01. The monoisotopic (exact) mass is 289 g/mol. The minimum atomic E-state index is 0.0206. The van der Waals surface area contributed by atoms with Gasteiger partial charge >= 0.3 is 0 Å². The van der Waals surface area contributed by atoms with E-state index < -0.39 is 0 Å². The van der Waals surface area contributed by atoms with Crippen molar-refractivity contribution in [2.24, 2.45) is 10.4 Å². The fourth-order valence-electron chi connectivity index (χ4n) is 3.76. The van der Waals surface area contributed by atoms with Gasteiger partial charge in [0.15, 0.2) is 0 Å². The molecule has 0 aromatic heterocycles. The molecule has 0 saturated heterocycles. The molecule has 2 aromatic carbocycles. The molecular formula is C21H23N. The first-order chi connectivity index (χ1) is 10.7. The lowest BCUT2D eigenvalue weighted by Crippen LogP contribution is -2.29. The lowest BCUT2D eigenvalue weighted by Gasteiger charge is -2.33. The molecule has 0 aliphatic carbocycles. The van der Waals surface area contributed by atoms with Crippen LogP contribution in [0.3, 0.4) is 0 Å². The predicted octanol–water partition coefficient (Wildman–Crippen LogP) is 5.73. The van der Waals surface area contributed by atoms with E-state index in [-0.39, 0.29) is 5.41 Å². The molecule has 0 radical (unpaired) electrons. The maximum absolute atomic E-state index is 5.01. The Balaban J connectivity index is 2.16. The summed E-state index contributed by atoms with van der Waals surface area (Å²) in [6.07, 6.45) is 2.14. The SMILES string of the molecule is CCC1(CC)C(c2ccccc2)=NC(C)=C1c1ccccc1. The van der Waals surface area contributed by atoms with Crippen LogP contribution in [0.1, 0.15) is 44.7 Å². The highest BCUT2D eigenvalue weighted by Gasteiger charge is 2.42. The van der Waals surface area contributed by atoms with E-state index in [1.807, 2.05) is 0 Å². The molecule has 0 bridgehead atoms. The normalized spacial score (nSPS) is 16.8. The molecule has 1 nitrogen and oxygen atoms in total. The summed E-state index contributed by atoms with van der Waals surface area (Å²) in [5.74, 6) is 0. The van der Waals surface area contributed by atoms with Crippen LogP contribution in [0.2, 0.25) is 0 Å². The minimum Gasteiger partial charge on any atom is -0.256 e. The molecule has 1 heteroatoms. The van der Waals surface area contributed by atoms with Crippen molar-refractivity contribution in [3.05, 3.63) is 77.5 Å². The van der Waals surface area contributed by atoms with Crippen LogP contribution < -0.4 is 0 Å². The highest BCUT2D eigenvalue weighted by molar-refractivity contribution is 6.15. The van der Waals surface area contributed by atoms with E-state index in [0.29, 0.717) is 0 Å². The third-order valence-corrected chi connectivity index (χ3v) is 4.89. The van der Waals surface area contributed by atoms with E-state index in [1.165, 1.54) is 22.4 Å². The third kappa shape index (κ3) is 2.21. The summed E-state index contributed by atoms with van der Waals surface area (Å²) in [5.41, 5.74) is 6.36. The van der Waals surface area contributed by atoms with Gasteiger partial charge in [-0.15, -0.1) is 0 Å². The van der Waals surface area contributed by atoms with E-state index >= 15 is 0 Å². The molecule has 0 spiro atoms. The van der Waals surface area contributed by atoms with E-state index in [4.69, 9.17) is 4.99 Å². The Morgan fingerprint density at radius 2 is 1.27 bits per heavy atom. The van der Waals surface area contributed by atoms with Gasteiger partial charge in [0.25, 0.3) is 0 Å². The lowest BCUT2D eigenvalue weighted by molar-refractivity contribution is 0.519. The van der Waals surface area contributed by atoms with Crippen molar-refractivity contribution in [2.45, 2.75) is 33.6 Å². The zero-order valence-corrected chi connectivity index (χ0v) is 13.6. The van der Waals surface area contributed by atoms with Gasteiger partial charge in [-0.1, -0.05) is 74.5 Å². The van der Waals surface area contributed by atoms with E-state index in [0.717, 1.165) is 18.5 Å². The van der Waals surface area contributed by atoms with Crippen LogP contribution in [0.15, 0.2) is 71.4 Å². The Labute approximate surface area is 133 Å². The molecule has 0 fully saturated rings. The first-order valence-corrected chi connectivity index (χ1v) is 8.14. The number of nitrogens with zero attached hydrogens (tertiary/aromatic N) is 1. The standard InChI is InChI=1S/C21H23N/c1-4-21(5-2)19(17-12-8-6-9-13-17)16(3)22-20(21)18-14-10-7-11-15-18/h6-15H,4-5H2,1-3H3. The van der Waals surface area contributed by atoms with Gasteiger partial charge in [-0.05, 0) is 36.5 Å². The number of rotatable bonds is 4. The van der Waals surface area contributed by atoms with Crippen molar-refractivity contribution < 1.29 is 0 Å². The number of allylic oxidation sites excluding steroid dienone is 2. The van der Waals surface area contributed by atoms with Gasteiger partial charge in [0.2, 0.25) is 0 Å². The Hall–Kier alpha value is -2.15. The molecule has 1 aliphatic heterocycles. The number of hydrogen-bond acceptors (Lipinski definition) is 1. The minimum absolute atomic E-state index is 0.0206. The Morgan fingerprint density at radius 1 is 0.773 bits per heavy atom. The van der Waals surface area contributed by atoms with Gasteiger partial charge in [0.05, 0.1) is 5.71 Å². The first-order valence-electron chi connectivity index (χ1n) is 8.14. The molecule has 0 amide bonds. The van der Waals surface area contributed by atoms with Crippen LogP contribution in [0.5, 0.6) is 0 Å². The molecule has 112 valence electrons. The second-order valence-corrected chi connectivity index (χ2v) is 5.94. The molecule has 0 unspecified atom stereocenters. The topological polar surface area (TPSA) is 12.4 Å². The highest BCUT2D eigenvalue weighted by atomic mass is 14.8. The Bertz CT molecular complexity index is 704. The highest BCUT2D eigenvalue weighted by Crippen LogP contribution is 2.50. The molecule has 3 rings (SSSR count).